The van der Waals surface area contributed by atoms with Crippen LogP contribution in [0.1, 0.15) is 31.7 Å². The van der Waals surface area contributed by atoms with E-state index in [1.54, 1.807) is 0 Å². The minimum atomic E-state index is 0.995. The number of alkyl halides is 1. The number of benzene rings is 1. The Morgan fingerprint density at radius 1 is 1.41 bits per heavy atom. The van der Waals surface area contributed by atoms with Gasteiger partial charge in [0, 0.05) is 17.2 Å². The molecule has 0 fully saturated rings. The molecule has 2 nitrogen and oxygen atoms in total. The molecule has 1 aromatic rings. The molecule has 1 aliphatic heterocycles. The first-order chi connectivity index (χ1) is 8.33. The Hall–Kier alpha value is -0.550. The summed E-state index contributed by atoms with van der Waals surface area (Å²) in [7, 11) is 0. The van der Waals surface area contributed by atoms with Crippen LogP contribution in [0.4, 0.5) is 5.69 Å². The van der Waals surface area contributed by atoms with Crippen molar-refractivity contribution >= 4 is 28.3 Å². The third-order valence-electron chi connectivity index (χ3n) is 2.98. The van der Waals surface area contributed by atoms with Crippen molar-refractivity contribution in [2.45, 2.75) is 30.6 Å². The maximum atomic E-state index is 3.42. The van der Waals surface area contributed by atoms with Gasteiger partial charge in [-0.05, 0) is 36.1 Å². The van der Waals surface area contributed by atoms with Crippen molar-refractivity contribution < 1.29 is 0 Å². The molecule has 1 N–H and O–H groups in total. The first kappa shape index (κ1) is 12.9. The van der Waals surface area contributed by atoms with E-state index in [4.69, 9.17) is 0 Å². The molecule has 0 spiro atoms. The molecule has 1 aromatic carbocycles. The molecule has 1 aliphatic rings. The van der Waals surface area contributed by atoms with E-state index in [2.05, 4.69) is 70.4 Å². The van der Waals surface area contributed by atoms with E-state index in [-0.39, 0.29) is 0 Å². The van der Waals surface area contributed by atoms with Gasteiger partial charge in [0.1, 0.15) is 0 Å². The lowest BCUT2D eigenvalue weighted by atomic mass is 10.1. The molecule has 0 saturated carbocycles. The third kappa shape index (κ3) is 3.45. The van der Waals surface area contributed by atoms with E-state index in [1.807, 2.05) is 0 Å². The fourth-order valence-electron chi connectivity index (χ4n) is 1.97. The molecule has 92 valence electrons. The van der Waals surface area contributed by atoms with Crippen LogP contribution in [0.25, 0.3) is 0 Å². The van der Waals surface area contributed by atoms with Crippen molar-refractivity contribution in [3.63, 3.8) is 0 Å². The van der Waals surface area contributed by atoms with Gasteiger partial charge in [-0.25, -0.2) is 5.43 Å². The monoisotopic (exact) mass is 342 g/mol. The first-order valence-electron chi connectivity index (χ1n) is 6.20. The second-order valence-corrected chi connectivity index (χ2v) is 5.16. The molecule has 17 heavy (non-hydrogen) atoms. The highest BCUT2D eigenvalue weighted by molar-refractivity contribution is 14.1. The Kier molecular flexibility index (Phi) is 4.86. The number of hydrogen-bond acceptors (Lipinski definition) is 2. The minimum Gasteiger partial charge on any atom is -0.284 e. The van der Waals surface area contributed by atoms with E-state index in [0.29, 0.717) is 0 Å². The van der Waals surface area contributed by atoms with Crippen molar-refractivity contribution in [1.82, 2.24) is 5.43 Å². The third-order valence-corrected chi connectivity index (χ3v) is 3.86. The van der Waals surface area contributed by atoms with Crippen molar-refractivity contribution in [3.8, 4) is 0 Å². The van der Waals surface area contributed by atoms with Crippen LogP contribution in [0.15, 0.2) is 36.0 Å². The average Bonchev–Trinajstić information content (AvgIpc) is 2.85. The summed E-state index contributed by atoms with van der Waals surface area (Å²) in [5, 5.41) is 2.15. The fraction of sp³-hybridized carbons (Fsp3) is 0.429. The van der Waals surface area contributed by atoms with E-state index in [0.717, 1.165) is 11.0 Å². The van der Waals surface area contributed by atoms with Crippen LogP contribution in [-0.4, -0.2) is 6.54 Å². The second kappa shape index (κ2) is 6.40. The van der Waals surface area contributed by atoms with Crippen molar-refractivity contribution in [1.29, 1.82) is 0 Å². The molecular formula is C14H19IN2. The molecule has 1 heterocycles. The van der Waals surface area contributed by atoms with Gasteiger partial charge in [-0.2, -0.15) is 0 Å². The average molecular weight is 342 g/mol. The Morgan fingerprint density at radius 2 is 2.29 bits per heavy atom. The fourth-order valence-corrected chi connectivity index (χ4v) is 2.45. The summed E-state index contributed by atoms with van der Waals surface area (Å²) in [5.41, 5.74) is 7.54. The Bertz CT molecular complexity index is 401. The lowest BCUT2D eigenvalue weighted by molar-refractivity contribution is 0.748. The summed E-state index contributed by atoms with van der Waals surface area (Å²) in [4.78, 5) is 0. The summed E-state index contributed by atoms with van der Waals surface area (Å²) in [5.74, 6) is 0. The number of halogens is 1. The van der Waals surface area contributed by atoms with Crippen LogP contribution in [0.2, 0.25) is 0 Å². The lowest BCUT2D eigenvalue weighted by Crippen LogP contribution is -2.28. The van der Waals surface area contributed by atoms with Crippen LogP contribution in [0.3, 0.4) is 0 Å². The summed E-state index contributed by atoms with van der Waals surface area (Å²) in [6.45, 7) is 3.24. The molecule has 0 bridgehead atoms. The van der Waals surface area contributed by atoms with Crippen molar-refractivity contribution in [2.24, 2.45) is 0 Å². The number of anilines is 1. The molecule has 0 aliphatic carbocycles. The number of nitrogens with zero attached hydrogens (tertiary/aromatic N) is 1. The van der Waals surface area contributed by atoms with Gasteiger partial charge in [-0.15, -0.1) is 0 Å². The van der Waals surface area contributed by atoms with Crippen LogP contribution in [0, 0.1) is 0 Å². The number of unbranched alkanes of at least 4 members (excludes halogenated alkanes) is 1. The van der Waals surface area contributed by atoms with Gasteiger partial charge in [-0.1, -0.05) is 48.1 Å². The number of rotatable bonds is 5. The number of nitrogens with one attached hydrogen (secondary N) is 1. The highest BCUT2D eigenvalue weighted by Gasteiger charge is 2.12. The standard InChI is InChI=1S/C14H19IN2/c1-2-3-5-13-10-16-17(11-13)14-7-4-6-12(8-14)9-15/h4,6-8,11,16H,2-3,5,9-10H2,1H3. The molecule has 0 unspecified atom stereocenters. The van der Waals surface area contributed by atoms with Gasteiger partial charge < -0.3 is 0 Å². The van der Waals surface area contributed by atoms with Gasteiger partial charge in [0.2, 0.25) is 0 Å². The largest absolute Gasteiger partial charge is 0.284 e. The van der Waals surface area contributed by atoms with E-state index in [9.17, 15) is 0 Å². The van der Waals surface area contributed by atoms with Crippen LogP contribution in [-0.2, 0) is 4.43 Å². The van der Waals surface area contributed by atoms with Crippen molar-refractivity contribution in [3.05, 3.63) is 41.6 Å². The van der Waals surface area contributed by atoms with Gasteiger partial charge in [-0.3, -0.25) is 5.01 Å². The van der Waals surface area contributed by atoms with Gasteiger partial charge in [0.05, 0.1) is 5.69 Å². The SMILES string of the molecule is CCCCC1=CN(c2cccc(CI)c2)NC1. The maximum Gasteiger partial charge on any atom is 0.0573 e. The van der Waals surface area contributed by atoms with Gasteiger partial charge in [0.15, 0.2) is 0 Å². The predicted octanol–water partition coefficient (Wildman–Crippen LogP) is 4.02. The molecule has 0 saturated heterocycles. The van der Waals surface area contributed by atoms with Crippen LogP contribution < -0.4 is 10.4 Å². The molecule has 2 rings (SSSR count). The van der Waals surface area contributed by atoms with Crippen LogP contribution >= 0.6 is 22.6 Å². The summed E-state index contributed by atoms with van der Waals surface area (Å²) in [6, 6.07) is 8.71. The minimum absolute atomic E-state index is 0.995. The van der Waals surface area contributed by atoms with E-state index in [1.165, 1.54) is 36.1 Å². The molecular weight excluding hydrogens is 323 g/mol. The predicted molar refractivity (Wildman–Crippen MR) is 82.3 cm³/mol. The molecule has 0 amide bonds. The summed E-state index contributed by atoms with van der Waals surface area (Å²) < 4.78 is 1.06. The van der Waals surface area contributed by atoms with E-state index >= 15 is 0 Å². The smallest absolute Gasteiger partial charge is 0.0573 e. The topological polar surface area (TPSA) is 15.3 Å². The number of hydrogen-bond donors (Lipinski definition) is 1. The highest BCUT2D eigenvalue weighted by atomic mass is 127. The first-order valence-corrected chi connectivity index (χ1v) is 7.73. The summed E-state index contributed by atoms with van der Waals surface area (Å²) >= 11 is 2.40. The molecule has 0 radical (unpaired) electrons. The zero-order valence-corrected chi connectivity index (χ0v) is 12.4. The van der Waals surface area contributed by atoms with Gasteiger partial charge in [0.25, 0.3) is 0 Å². The lowest BCUT2D eigenvalue weighted by Gasteiger charge is -2.16. The normalized spacial score (nSPS) is 15.2. The zero-order chi connectivity index (χ0) is 12.1. The quantitative estimate of drug-likeness (QED) is 0.642. The van der Waals surface area contributed by atoms with Crippen LogP contribution in [0.5, 0.6) is 0 Å². The molecule has 0 atom stereocenters. The van der Waals surface area contributed by atoms with Crippen molar-refractivity contribution in [2.75, 3.05) is 11.6 Å². The van der Waals surface area contributed by atoms with Gasteiger partial charge >= 0.3 is 0 Å². The maximum absolute atomic E-state index is 3.42. The number of hydrazine groups is 1. The Morgan fingerprint density at radius 3 is 3.06 bits per heavy atom. The molecule has 3 heteroatoms. The highest BCUT2D eigenvalue weighted by Crippen LogP contribution is 2.21. The molecule has 0 aromatic heterocycles. The second-order valence-electron chi connectivity index (χ2n) is 4.40. The van der Waals surface area contributed by atoms with E-state index < -0.39 is 0 Å². The Balaban J connectivity index is 2.05. The zero-order valence-electron chi connectivity index (χ0n) is 10.2. The summed E-state index contributed by atoms with van der Waals surface area (Å²) in [6.07, 6.45) is 6.02. The Labute approximate surface area is 117 Å².